The maximum atomic E-state index is 14.0. The fraction of sp³-hybridized carbons (Fsp3) is 0.366. The molecule has 296 valence electrons. The lowest BCUT2D eigenvalue weighted by Crippen LogP contribution is -2.51. The van der Waals surface area contributed by atoms with Crippen LogP contribution >= 0.6 is 22.7 Å². The minimum atomic E-state index is -0.882. The number of benzene rings is 2. The number of methoxy groups -OCH3 is 2. The van der Waals surface area contributed by atoms with E-state index in [2.05, 4.69) is 44.9 Å². The van der Waals surface area contributed by atoms with Crippen molar-refractivity contribution in [3.05, 3.63) is 84.1 Å². The molecule has 8 rings (SSSR count). The third kappa shape index (κ3) is 7.58. The number of fused-ring (bicyclic) bond motifs is 2. The number of H-pyrrole nitrogens is 2. The van der Waals surface area contributed by atoms with Crippen molar-refractivity contribution in [3.63, 3.8) is 0 Å². The van der Waals surface area contributed by atoms with E-state index >= 15 is 0 Å². The van der Waals surface area contributed by atoms with Crippen LogP contribution < -0.4 is 10.6 Å². The van der Waals surface area contributed by atoms with Gasteiger partial charge in [0.1, 0.15) is 23.7 Å². The molecule has 0 spiro atoms. The van der Waals surface area contributed by atoms with Crippen LogP contribution in [0.2, 0.25) is 0 Å². The van der Waals surface area contributed by atoms with Crippen molar-refractivity contribution in [2.24, 2.45) is 5.92 Å². The minimum Gasteiger partial charge on any atom is -0.453 e. The van der Waals surface area contributed by atoms with E-state index in [0.29, 0.717) is 18.7 Å². The highest BCUT2D eigenvalue weighted by molar-refractivity contribution is 7.31. The average Bonchev–Trinajstić information content (AvgIpc) is 4.07. The van der Waals surface area contributed by atoms with E-state index in [0.717, 1.165) is 78.8 Å². The number of amides is 4. The summed E-state index contributed by atoms with van der Waals surface area (Å²) >= 11 is 3.40. The number of aromatic amines is 2. The van der Waals surface area contributed by atoms with Gasteiger partial charge in [-0.2, -0.15) is 0 Å². The first-order valence-corrected chi connectivity index (χ1v) is 20.7. The van der Waals surface area contributed by atoms with E-state index in [9.17, 15) is 19.2 Å². The summed E-state index contributed by atoms with van der Waals surface area (Å²) in [5, 5.41) is 5.43. The van der Waals surface area contributed by atoms with Crippen molar-refractivity contribution in [2.45, 2.75) is 63.7 Å². The second kappa shape index (κ2) is 16.0. The first-order valence-electron chi connectivity index (χ1n) is 19.1. The molecule has 2 aliphatic heterocycles. The van der Waals surface area contributed by atoms with Crippen LogP contribution in [0.4, 0.5) is 9.59 Å². The van der Waals surface area contributed by atoms with Crippen molar-refractivity contribution in [1.29, 1.82) is 0 Å². The van der Waals surface area contributed by atoms with Crippen LogP contribution in [0.15, 0.2) is 66.9 Å². The Balaban J connectivity index is 0.981. The van der Waals surface area contributed by atoms with Crippen molar-refractivity contribution in [2.75, 3.05) is 27.3 Å². The number of hydrogen-bond donors (Lipinski definition) is 4. The van der Waals surface area contributed by atoms with Crippen LogP contribution in [0.25, 0.3) is 41.4 Å². The van der Waals surface area contributed by atoms with Gasteiger partial charge in [0.05, 0.1) is 54.1 Å². The average molecular weight is 809 g/mol. The van der Waals surface area contributed by atoms with Crippen LogP contribution in [-0.4, -0.2) is 87.1 Å². The largest absolute Gasteiger partial charge is 0.453 e. The van der Waals surface area contributed by atoms with Gasteiger partial charge >= 0.3 is 12.2 Å². The molecule has 0 aliphatic carbocycles. The summed E-state index contributed by atoms with van der Waals surface area (Å²) in [7, 11) is 2.58. The van der Waals surface area contributed by atoms with Gasteiger partial charge in [0.15, 0.2) is 0 Å². The highest BCUT2D eigenvalue weighted by atomic mass is 32.1. The number of thiophene rings is 2. The Morgan fingerprint density at radius 1 is 0.789 bits per heavy atom. The van der Waals surface area contributed by atoms with Gasteiger partial charge in [0.25, 0.3) is 5.91 Å². The minimum absolute atomic E-state index is 0.106. The molecule has 6 heterocycles. The monoisotopic (exact) mass is 808 g/mol. The van der Waals surface area contributed by atoms with E-state index in [1.807, 2.05) is 61.3 Å². The zero-order chi connectivity index (χ0) is 39.8. The van der Waals surface area contributed by atoms with Crippen molar-refractivity contribution in [3.8, 4) is 21.0 Å². The molecule has 0 saturated carbocycles. The first kappa shape index (κ1) is 38.1. The molecule has 2 aliphatic rings. The maximum Gasteiger partial charge on any atom is 0.407 e. The molecule has 2 saturated heterocycles. The van der Waals surface area contributed by atoms with E-state index < -0.39 is 24.3 Å². The number of carbonyl (C=O) groups excluding carboxylic acids is 4. The van der Waals surface area contributed by atoms with Gasteiger partial charge in [0, 0.05) is 27.4 Å². The lowest BCUT2D eigenvalue weighted by atomic mass is 10.0. The number of nitrogens with zero attached hydrogens (tertiary/aromatic N) is 4. The number of aromatic nitrogens is 4. The number of hydrogen-bond acceptors (Lipinski definition) is 10. The Bertz CT molecular complexity index is 2400. The van der Waals surface area contributed by atoms with E-state index in [-0.39, 0.29) is 29.8 Å². The fourth-order valence-electron chi connectivity index (χ4n) is 7.87. The lowest BCUT2D eigenvalue weighted by Gasteiger charge is -2.30. The molecule has 4 N–H and O–H groups in total. The van der Waals surface area contributed by atoms with E-state index in [4.69, 9.17) is 19.4 Å². The second-order valence-electron chi connectivity index (χ2n) is 14.7. The summed E-state index contributed by atoms with van der Waals surface area (Å²) in [6.07, 6.45) is 3.75. The van der Waals surface area contributed by atoms with Crippen molar-refractivity contribution in [1.82, 2.24) is 40.4 Å². The van der Waals surface area contributed by atoms with Crippen molar-refractivity contribution < 1.29 is 28.7 Å². The predicted octanol–water partition coefficient (Wildman–Crippen LogP) is 7.70. The van der Waals surface area contributed by atoms with Gasteiger partial charge in [-0.25, -0.2) is 19.6 Å². The number of carbonyl (C=O) groups is 4. The highest BCUT2D eigenvalue weighted by Gasteiger charge is 2.39. The number of imidazole rings is 2. The molecule has 4 amide bonds. The van der Waals surface area contributed by atoms with E-state index in [1.165, 1.54) is 14.2 Å². The molecule has 2 aromatic carbocycles. The fourth-order valence-corrected chi connectivity index (χ4v) is 10.2. The molecule has 0 radical (unpaired) electrons. The van der Waals surface area contributed by atoms with Crippen molar-refractivity contribution >= 4 is 67.1 Å². The van der Waals surface area contributed by atoms with Crippen LogP contribution in [0.3, 0.4) is 0 Å². The Hall–Kier alpha value is -5.74. The molecule has 2 fully saturated rings. The van der Waals surface area contributed by atoms with E-state index in [1.54, 1.807) is 27.6 Å². The number of likely N-dealkylation sites (tertiary alicyclic amines) is 2. The smallest absolute Gasteiger partial charge is 0.407 e. The topological polar surface area (TPSA) is 175 Å². The molecule has 4 atom stereocenters. The Kier molecular flexibility index (Phi) is 10.7. The van der Waals surface area contributed by atoms with Crippen LogP contribution in [-0.2, 0) is 19.1 Å². The van der Waals surface area contributed by atoms with Gasteiger partial charge < -0.3 is 39.9 Å². The number of nitrogens with one attached hydrogen (secondary N) is 4. The van der Waals surface area contributed by atoms with Gasteiger partial charge in [-0.05, 0) is 67.0 Å². The quantitative estimate of drug-likeness (QED) is 0.109. The van der Waals surface area contributed by atoms with Gasteiger partial charge in [-0.3, -0.25) is 9.59 Å². The van der Waals surface area contributed by atoms with Gasteiger partial charge in [0.2, 0.25) is 5.91 Å². The molecule has 0 bridgehead atoms. The third-order valence-electron chi connectivity index (χ3n) is 10.8. The molecule has 16 heteroatoms. The van der Waals surface area contributed by atoms with Crippen LogP contribution in [0.1, 0.15) is 74.9 Å². The normalized spacial score (nSPS) is 18.0. The molecule has 6 aromatic rings. The maximum absolute atomic E-state index is 14.0. The summed E-state index contributed by atoms with van der Waals surface area (Å²) in [5.74, 6) is 1.00. The summed E-state index contributed by atoms with van der Waals surface area (Å²) in [4.78, 5) is 74.2. The number of rotatable bonds is 10. The standard InChI is InChI=1S/C41H44N8O6S2/c1-22(2)34(46-40(52)54-3)38(50)48-16-8-12-28(48)36-42-21-27(45-36)31-20-33-32(57-31)19-30(56-33)24-14-15-25-26(18-24)44-37(43-25)29-13-9-17-49(29)39(51)35(47-41(53)55-4)23-10-6-5-7-11-23/h5-7,10-11,14-15,18-22,28-29,34-35H,8-9,12-13,16-17H2,1-4H3,(H,42,45)(H,43,44)(H,46,52)(H,47,53)/t28-,29-,34-,35+/m0/s1. The molecular weight excluding hydrogens is 765 g/mol. The zero-order valence-electron chi connectivity index (χ0n) is 32.0. The summed E-state index contributed by atoms with van der Waals surface area (Å²) in [6.45, 7) is 4.96. The number of alkyl carbamates (subject to hydrolysis) is 2. The Morgan fingerprint density at radius 2 is 1.44 bits per heavy atom. The molecule has 0 unspecified atom stereocenters. The Labute approximate surface area is 337 Å². The first-order chi connectivity index (χ1) is 27.6. The molecular formula is C41H44N8O6S2. The molecule has 4 aromatic heterocycles. The molecule has 14 nitrogen and oxygen atoms in total. The Morgan fingerprint density at radius 3 is 2.14 bits per heavy atom. The summed E-state index contributed by atoms with van der Waals surface area (Å²) < 4.78 is 11.9. The van der Waals surface area contributed by atoms with Crippen LogP contribution in [0.5, 0.6) is 0 Å². The summed E-state index contributed by atoms with van der Waals surface area (Å²) in [5.41, 5.74) is 4.35. The predicted molar refractivity (Wildman–Crippen MR) is 219 cm³/mol. The number of ether oxygens (including phenoxy) is 2. The zero-order valence-corrected chi connectivity index (χ0v) is 33.7. The lowest BCUT2D eigenvalue weighted by molar-refractivity contribution is -0.135. The SMILES string of the molecule is COC(=O)N[C@H](C(=O)N1CCC[C@H]1c1ncc(-c2cc3sc(-c4ccc5nc([C@@H]6CCCN6C(=O)[C@H](NC(=O)OC)c6ccccc6)[nH]c5c4)cc3s2)[nH]1)C(C)C. The van der Waals surface area contributed by atoms with Gasteiger partial charge in [-0.1, -0.05) is 50.2 Å². The summed E-state index contributed by atoms with van der Waals surface area (Å²) in [6, 6.07) is 17.7. The van der Waals surface area contributed by atoms with Gasteiger partial charge in [-0.15, -0.1) is 22.7 Å². The highest BCUT2D eigenvalue weighted by Crippen LogP contribution is 2.43. The second-order valence-corrected chi connectivity index (χ2v) is 16.9. The third-order valence-corrected chi connectivity index (χ3v) is 13.2. The molecule has 57 heavy (non-hydrogen) atoms. The van der Waals surface area contributed by atoms with Crippen LogP contribution in [0, 0.1) is 5.92 Å².